The number of aryl methyl sites for hydroxylation is 1. The fourth-order valence-electron chi connectivity index (χ4n) is 3.09. The Bertz CT molecular complexity index is 710. The second-order valence-electron chi connectivity index (χ2n) is 6.52. The monoisotopic (exact) mass is 339 g/mol. The molecule has 0 spiro atoms. The van der Waals surface area contributed by atoms with Crippen LogP contribution in [0.5, 0.6) is 0 Å². The zero-order valence-electron chi connectivity index (χ0n) is 14.6. The number of carbonyl (C=O) groups excluding carboxylic acids is 1. The summed E-state index contributed by atoms with van der Waals surface area (Å²) in [5.41, 5.74) is 9.83. The molecule has 0 saturated carbocycles. The Kier molecular flexibility index (Phi) is 5.43. The molecule has 3 rings (SSSR count). The highest BCUT2D eigenvalue weighted by atomic mass is 16.6. The summed E-state index contributed by atoms with van der Waals surface area (Å²) in [6.07, 6.45) is 1.58. The first kappa shape index (κ1) is 17.1. The molecule has 1 aliphatic rings. The van der Waals surface area contributed by atoms with E-state index in [2.05, 4.69) is 12.2 Å². The van der Waals surface area contributed by atoms with Crippen LogP contribution >= 0.6 is 0 Å². The minimum absolute atomic E-state index is 0.231. The minimum Gasteiger partial charge on any atom is -0.445 e. The van der Waals surface area contributed by atoms with E-state index >= 15 is 0 Å². The van der Waals surface area contributed by atoms with Gasteiger partial charge in [0.25, 0.3) is 0 Å². The van der Waals surface area contributed by atoms with Crippen molar-refractivity contribution in [3.05, 3.63) is 59.7 Å². The number of nitrogens with two attached hydrogens (primary N) is 1. The van der Waals surface area contributed by atoms with E-state index in [4.69, 9.17) is 10.5 Å². The number of nitrogen functional groups attached to an aromatic ring is 1. The summed E-state index contributed by atoms with van der Waals surface area (Å²) in [4.78, 5) is 14.0. The van der Waals surface area contributed by atoms with Gasteiger partial charge in [0.05, 0.1) is 0 Å². The molecule has 0 bridgehead atoms. The van der Waals surface area contributed by atoms with Crippen molar-refractivity contribution >= 4 is 17.5 Å². The second kappa shape index (κ2) is 7.92. The summed E-state index contributed by atoms with van der Waals surface area (Å²) in [6.45, 7) is 3.79. The number of anilines is 2. The van der Waals surface area contributed by atoms with Crippen molar-refractivity contribution in [2.75, 3.05) is 24.1 Å². The lowest BCUT2D eigenvalue weighted by Gasteiger charge is -2.32. The second-order valence-corrected chi connectivity index (χ2v) is 6.52. The number of carbonyl (C=O) groups is 1. The van der Waals surface area contributed by atoms with Crippen molar-refractivity contribution in [2.24, 2.45) is 0 Å². The van der Waals surface area contributed by atoms with Gasteiger partial charge >= 0.3 is 6.09 Å². The first-order valence-electron chi connectivity index (χ1n) is 8.70. The predicted octanol–water partition coefficient (Wildman–Crippen LogP) is 3.79. The summed E-state index contributed by atoms with van der Waals surface area (Å²) in [6, 6.07) is 16.0. The molecule has 1 fully saturated rings. The third-order valence-electron chi connectivity index (χ3n) is 4.57. The van der Waals surface area contributed by atoms with E-state index in [1.54, 1.807) is 4.90 Å². The molecule has 132 valence electrons. The maximum absolute atomic E-state index is 12.2. The van der Waals surface area contributed by atoms with Crippen LogP contribution in [0.1, 0.15) is 24.0 Å². The van der Waals surface area contributed by atoms with Gasteiger partial charge in [-0.15, -0.1) is 0 Å². The molecule has 5 nitrogen and oxygen atoms in total. The molecular formula is C20H25N3O2. The van der Waals surface area contributed by atoms with Gasteiger partial charge in [-0.2, -0.15) is 0 Å². The topological polar surface area (TPSA) is 67.6 Å². The van der Waals surface area contributed by atoms with E-state index in [0.717, 1.165) is 35.3 Å². The zero-order valence-corrected chi connectivity index (χ0v) is 14.6. The molecule has 5 heteroatoms. The molecular weight excluding hydrogens is 314 g/mol. The van der Waals surface area contributed by atoms with Crippen LogP contribution in [0.25, 0.3) is 0 Å². The highest BCUT2D eigenvalue weighted by Crippen LogP contribution is 2.22. The number of rotatable bonds is 4. The third-order valence-corrected chi connectivity index (χ3v) is 4.57. The van der Waals surface area contributed by atoms with Gasteiger partial charge in [0, 0.05) is 30.5 Å². The number of ether oxygens (including phenoxy) is 1. The summed E-state index contributed by atoms with van der Waals surface area (Å²) in [5.74, 6) is 0. The largest absolute Gasteiger partial charge is 0.445 e. The number of amides is 1. The smallest absolute Gasteiger partial charge is 0.410 e. The molecule has 2 aromatic rings. The minimum atomic E-state index is -0.231. The normalized spacial score (nSPS) is 15.0. The summed E-state index contributed by atoms with van der Waals surface area (Å²) in [7, 11) is 0. The van der Waals surface area contributed by atoms with E-state index in [1.165, 1.54) is 0 Å². The van der Waals surface area contributed by atoms with Crippen LogP contribution in [-0.4, -0.2) is 30.1 Å². The Morgan fingerprint density at radius 2 is 1.92 bits per heavy atom. The molecule has 1 amide bonds. The SMILES string of the molecule is Cc1cc(N)ccc1NC1CCN(C(=O)OCc2ccccc2)CC1. The summed E-state index contributed by atoms with van der Waals surface area (Å²) < 4.78 is 5.41. The molecule has 3 N–H and O–H groups in total. The number of hydrogen-bond acceptors (Lipinski definition) is 4. The Balaban J connectivity index is 1.45. The van der Waals surface area contributed by atoms with E-state index in [0.29, 0.717) is 25.7 Å². The molecule has 0 aliphatic carbocycles. The Labute approximate surface area is 148 Å². The highest BCUT2D eigenvalue weighted by molar-refractivity contribution is 5.67. The lowest BCUT2D eigenvalue weighted by atomic mass is 10.0. The van der Waals surface area contributed by atoms with Crippen LogP contribution in [0.3, 0.4) is 0 Å². The van der Waals surface area contributed by atoms with Crippen LogP contribution in [0.15, 0.2) is 48.5 Å². The van der Waals surface area contributed by atoms with E-state index in [-0.39, 0.29) is 6.09 Å². The lowest BCUT2D eigenvalue weighted by molar-refractivity contribution is 0.0882. The van der Waals surface area contributed by atoms with Gasteiger partial charge in [-0.3, -0.25) is 0 Å². The predicted molar refractivity (Wildman–Crippen MR) is 100 cm³/mol. The molecule has 0 aromatic heterocycles. The average molecular weight is 339 g/mol. The molecule has 25 heavy (non-hydrogen) atoms. The van der Waals surface area contributed by atoms with Gasteiger partial charge in [-0.25, -0.2) is 4.79 Å². The van der Waals surface area contributed by atoms with Crippen LogP contribution in [0, 0.1) is 6.92 Å². The quantitative estimate of drug-likeness (QED) is 0.832. The van der Waals surface area contributed by atoms with Gasteiger partial charge < -0.3 is 20.7 Å². The standard InChI is InChI=1S/C20H25N3O2/c1-15-13-17(21)7-8-19(15)22-18-9-11-23(12-10-18)20(24)25-14-16-5-3-2-4-6-16/h2-8,13,18,22H,9-12,14,21H2,1H3. The maximum atomic E-state index is 12.2. The third kappa shape index (κ3) is 4.66. The Morgan fingerprint density at radius 1 is 1.20 bits per heavy atom. The summed E-state index contributed by atoms with van der Waals surface area (Å²) >= 11 is 0. The van der Waals surface area contributed by atoms with Crippen molar-refractivity contribution in [2.45, 2.75) is 32.4 Å². The van der Waals surface area contributed by atoms with E-state index in [9.17, 15) is 4.79 Å². The van der Waals surface area contributed by atoms with Crippen molar-refractivity contribution in [3.63, 3.8) is 0 Å². The zero-order chi connectivity index (χ0) is 17.6. The van der Waals surface area contributed by atoms with Crippen molar-refractivity contribution in [1.29, 1.82) is 0 Å². The van der Waals surface area contributed by atoms with Crippen molar-refractivity contribution in [3.8, 4) is 0 Å². The van der Waals surface area contributed by atoms with Gasteiger partial charge in [0.15, 0.2) is 0 Å². The van der Waals surface area contributed by atoms with Crippen LogP contribution in [0.4, 0.5) is 16.2 Å². The molecule has 1 saturated heterocycles. The number of benzene rings is 2. The fourth-order valence-corrected chi connectivity index (χ4v) is 3.09. The lowest BCUT2D eigenvalue weighted by Crippen LogP contribution is -2.42. The van der Waals surface area contributed by atoms with E-state index < -0.39 is 0 Å². The molecule has 0 radical (unpaired) electrons. The first-order chi connectivity index (χ1) is 12.1. The number of piperidine rings is 1. The van der Waals surface area contributed by atoms with Gasteiger partial charge in [0.2, 0.25) is 0 Å². The number of nitrogens with zero attached hydrogens (tertiary/aromatic N) is 1. The molecule has 2 aromatic carbocycles. The van der Waals surface area contributed by atoms with Crippen LogP contribution in [0.2, 0.25) is 0 Å². The number of hydrogen-bond donors (Lipinski definition) is 2. The van der Waals surface area contributed by atoms with Gasteiger partial charge in [-0.1, -0.05) is 30.3 Å². The van der Waals surface area contributed by atoms with Gasteiger partial charge in [-0.05, 0) is 49.1 Å². The fraction of sp³-hybridized carbons (Fsp3) is 0.350. The Hall–Kier alpha value is -2.69. The number of nitrogens with one attached hydrogen (secondary N) is 1. The summed E-state index contributed by atoms with van der Waals surface area (Å²) in [5, 5.41) is 3.56. The maximum Gasteiger partial charge on any atom is 0.410 e. The molecule has 0 unspecified atom stereocenters. The molecule has 1 heterocycles. The van der Waals surface area contributed by atoms with Crippen LogP contribution in [-0.2, 0) is 11.3 Å². The van der Waals surface area contributed by atoms with E-state index in [1.807, 2.05) is 48.5 Å². The Morgan fingerprint density at radius 3 is 2.60 bits per heavy atom. The highest BCUT2D eigenvalue weighted by Gasteiger charge is 2.24. The molecule has 0 atom stereocenters. The van der Waals surface area contributed by atoms with Gasteiger partial charge in [0.1, 0.15) is 6.61 Å². The first-order valence-corrected chi connectivity index (χ1v) is 8.70. The van der Waals surface area contributed by atoms with Crippen molar-refractivity contribution < 1.29 is 9.53 Å². The number of likely N-dealkylation sites (tertiary alicyclic amines) is 1. The van der Waals surface area contributed by atoms with Crippen LogP contribution < -0.4 is 11.1 Å². The molecule has 1 aliphatic heterocycles. The average Bonchev–Trinajstić information content (AvgIpc) is 2.63. The van der Waals surface area contributed by atoms with Crippen molar-refractivity contribution in [1.82, 2.24) is 4.90 Å².